The lowest BCUT2D eigenvalue weighted by atomic mass is 10.0. The molecule has 6 heteroatoms. The molecule has 0 radical (unpaired) electrons. The van der Waals surface area contributed by atoms with E-state index in [4.69, 9.17) is 0 Å². The molecule has 0 N–H and O–H groups in total. The van der Waals surface area contributed by atoms with E-state index in [1.807, 2.05) is 28.7 Å². The maximum Gasteiger partial charge on any atom is 0.389 e. The quantitative estimate of drug-likeness (QED) is 0.461. The summed E-state index contributed by atoms with van der Waals surface area (Å²) in [6.07, 6.45) is -5.56. The number of alkyl halides is 3. The summed E-state index contributed by atoms with van der Waals surface area (Å²) in [7, 11) is 0. The molecule has 5 aromatic rings. The van der Waals surface area contributed by atoms with E-state index in [1.165, 1.54) is 24.3 Å². The van der Waals surface area contributed by atoms with E-state index < -0.39 is 12.6 Å². The van der Waals surface area contributed by atoms with Gasteiger partial charge in [-0.25, -0.2) is 0 Å². The van der Waals surface area contributed by atoms with E-state index in [-0.39, 0.29) is 28.1 Å². The Balaban J connectivity index is 1.93. The van der Waals surface area contributed by atoms with Crippen molar-refractivity contribution in [3.05, 3.63) is 74.5 Å². The Morgan fingerprint density at radius 3 is 1.78 bits per heavy atom. The number of fused-ring (bicyclic) bond motifs is 3. The van der Waals surface area contributed by atoms with Crippen molar-refractivity contribution in [3.8, 4) is 0 Å². The van der Waals surface area contributed by atoms with Crippen molar-refractivity contribution >= 4 is 38.1 Å². The molecule has 2 aromatic carbocycles. The number of hydrogen-bond donors (Lipinski definition) is 0. The standard InChI is InChI=1S/C21H12F3NO2/c22-21(23,24)6-5-11-7-14-18(26)9-16-12-3-1-2-4-13(12)17-10-19(27)15(8-11)20(14)25(16)17/h1-4,7-10H,5-6H2. The van der Waals surface area contributed by atoms with Crippen molar-refractivity contribution in [2.75, 3.05) is 0 Å². The minimum atomic E-state index is -4.29. The Bertz CT molecular complexity index is 1350. The lowest BCUT2D eigenvalue weighted by Gasteiger charge is -2.11. The van der Waals surface area contributed by atoms with E-state index in [0.29, 0.717) is 22.1 Å². The van der Waals surface area contributed by atoms with Crippen molar-refractivity contribution in [1.82, 2.24) is 4.40 Å². The third-order valence-corrected chi connectivity index (χ3v) is 5.12. The highest BCUT2D eigenvalue weighted by Crippen LogP contribution is 2.32. The number of pyridine rings is 2. The van der Waals surface area contributed by atoms with Crippen molar-refractivity contribution in [2.24, 2.45) is 0 Å². The summed E-state index contributed by atoms with van der Waals surface area (Å²) in [6, 6.07) is 13.5. The SMILES string of the molecule is O=c1cc2c3ccccc3c3cc(=O)c4cc(CCC(F)(F)F)cc1c4n23. The summed E-state index contributed by atoms with van der Waals surface area (Å²) >= 11 is 0. The fourth-order valence-electron chi connectivity index (χ4n) is 3.97. The molecular formula is C21H12F3NO2. The monoisotopic (exact) mass is 367 g/mol. The van der Waals surface area contributed by atoms with Gasteiger partial charge in [-0.05, 0) is 24.1 Å². The summed E-state index contributed by atoms with van der Waals surface area (Å²) in [5.74, 6) is 0. The molecule has 5 rings (SSSR count). The Kier molecular flexibility index (Phi) is 3.09. The van der Waals surface area contributed by atoms with Crippen molar-refractivity contribution < 1.29 is 13.2 Å². The third-order valence-electron chi connectivity index (χ3n) is 5.12. The summed E-state index contributed by atoms with van der Waals surface area (Å²) in [6.45, 7) is 0. The van der Waals surface area contributed by atoms with Crippen LogP contribution in [0.2, 0.25) is 0 Å². The molecule has 0 unspecified atom stereocenters. The Hall–Kier alpha value is -3.15. The maximum absolute atomic E-state index is 12.7. The van der Waals surface area contributed by atoms with E-state index in [2.05, 4.69) is 0 Å². The molecular weight excluding hydrogens is 355 g/mol. The second-order valence-electron chi connectivity index (χ2n) is 6.82. The van der Waals surface area contributed by atoms with E-state index >= 15 is 0 Å². The zero-order valence-corrected chi connectivity index (χ0v) is 13.9. The summed E-state index contributed by atoms with van der Waals surface area (Å²) < 4.78 is 39.6. The van der Waals surface area contributed by atoms with Gasteiger partial charge in [0.1, 0.15) is 0 Å². The smallest absolute Gasteiger partial charge is 0.307 e. The molecule has 0 amide bonds. The van der Waals surface area contributed by atoms with Crippen molar-refractivity contribution in [3.63, 3.8) is 0 Å². The van der Waals surface area contributed by atoms with Gasteiger partial charge in [0.15, 0.2) is 10.9 Å². The zero-order chi connectivity index (χ0) is 18.9. The number of halogens is 3. The molecule has 0 saturated carbocycles. The number of nitrogens with zero attached hydrogens (tertiary/aromatic N) is 1. The molecule has 27 heavy (non-hydrogen) atoms. The maximum atomic E-state index is 12.7. The largest absolute Gasteiger partial charge is 0.389 e. The predicted octanol–water partition coefficient (Wildman–Crippen LogP) is 4.49. The molecule has 0 spiro atoms. The van der Waals surface area contributed by atoms with Crippen LogP contribution < -0.4 is 10.9 Å². The number of aromatic nitrogens is 1. The molecule has 0 aliphatic heterocycles. The Labute approximate surface area is 149 Å². The minimum absolute atomic E-state index is 0.266. The van der Waals surface area contributed by atoms with Gasteiger partial charge in [-0.2, -0.15) is 13.2 Å². The fraction of sp³-hybridized carbons (Fsp3) is 0.143. The first-order valence-corrected chi connectivity index (χ1v) is 8.49. The Morgan fingerprint density at radius 1 is 0.778 bits per heavy atom. The predicted molar refractivity (Wildman–Crippen MR) is 99.2 cm³/mol. The summed E-state index contributed by atoms with van der Waals surface area (Å²) in [5, 5.41) is 2.29. The first-order valence-electron chi connectivity index (χ1n) is 8.49. The van der Waals surface area contributed by atoms with Crippen molar-refractivity contribution in [2.45, 2.75) is 19.0 Å². The van der Waals surface area contributed by atoms with Crippen LogP contribution in [0.25, 0.3) is 38.1 Å². The van der Waals surface area contributed by atoms with Gasteiger partial charge < -0.3 is 4.40 Å². The minimum Gasteiger partial charge on any atom is -0.307 e. The van der Waals surface area contributed by atoms with Crippen LogP contribution in [0, 0.1) is 0 Å². The highest BCUT2D eigenvalue weighted by molar-refractivity contribution is 6.13. The molecule has 0 fully saturated rings. The van der Waals surface area contributed by atoms with Crippen LogP contribution in [0.5, 0.6) is 0 Å². The number of rotatable bonds is 2. The van der Waals surface area contributed by atoms with Gasteiger partial charge in [-0.3, -0.25) is 9.59 Å². The van der Waals surface area contributed by atoms with Crippen LogP contribution in [0.4, 0.5) is 13.2 Å². The van der Waals surface area contributed by atoms with Gasteiger partial charge in [0.25, 0.3) is 0 Å². The topological polar surface area (TPSA) is 38.5 Å². The van der Waals surface area contributed by atoms with Crippen LogP contribution in [-0.2, 0) is 6.42 Å². The molecule has 3 nitrogen and oxygen atoms in total. The molecule has 0 bridgehead atoms. The lowest BCUT2D eigenvalue weighted by Crippen LogP contribution is -2.12. The van der Waals surface area contributed by atoms with Gasteiger partial charge >= 0.3 is 6.18 Å². The molecule has 0 aliphatic carbocycles. The van der Waals surface area contributed by atoms with E-state index in [1.54, 1.807) is 0 Å². The van der Waals surface area contributed by atoms with Gasteiger partial charge in [0.05, 0.1) is 16.6 Å². The normalized spacial score (nSPS) is 12.9. The first-order chi connectivity index (χ1) is 12.8. The number of benzene rings is 2. The lowest BCUT2D eigenvalue weighted by molar-refractivity contribution is -0.133. The third kappa shape index (κ3) is 2.29. The molecule has 3 aromatic heterocycles. The molecule has 0 saturated heterocycles. The fourth-order valence-corrected chi connectivity index (χ4v) is 3.97. The highest BCUT2D eigenvalue weighted by Gasteiger charge is 2.27. The molecule has 134 valence electrons. The van der Waals surface area contributed by atoms with Crippen molar-refractivity contribution in [1.29, 1.82) is 0 Å². The molecule has 0 aliphatic rings. The second kappa shape index (κ2) is 5.19. The Morgan fingerprint density at radius 2 is 1.30 bits per heavy atom. The molecule has 0 atom stereocenters. The van der Waals surface area contributed by atoms with E-state index in [9.17, 15) is 22.8 Å². The van der Waals surface area contributed by atoms with Gasteiger partial charge in [0, 0.05) is 40.1 Å². The average molecular weight is 367 g/mol. The van der Waals surface area contributed by atoms with E-state index in [0.717, 1.165) is 10.8 Å². The second-order valence-corrected chi connectivity index (χ2v) is 6.82. The van der Waals surface area contributed by atoms with Crippen LogP contribution in [0.3, 0.4) is 0 Å². The van der Waals surface area contributed by atoms with Crippen LogP contribution in [0.1, 0.15) is 12.0 Å². The highest BCUT2D eigenvalue weighted by atomic mass is 19.4. The van der Waals surface area contributed by atoms with Gasteiger partial charge in [-0.1, -0.05) is 24.3 Å². The summed E-state index contributed by atoms with van der Waals surface area (Å²) in [5.41, 5.74) is 1.63. The van der Waals surface area contributed by atoms with Crippen LogP contribution in [0.15, 0.2) is 58.1 Å². The first kappa shape index (κ1) is 16.1. The molecule has 3 heterocycles. The average Bonchev–Trinajstić information content (AvgIpc) is 2.93. The van der Waals surface area contributed by atoms with Gasteiger partial charge in [0.2, 0.25) is 0 Å². The van der Waals surface area contributed by atoms with Crippen LogP contribution in [-0.4, -0.2) is 10.6 Å². The summed E-state index contributed by atoms with van der Waals surface area (Å²) in [4.78, 5) is 25.4. The van der Waals surface area contributed by atoms with Gasteiger partial charge in [-0.15, -0.1) is 0 Å². The zero-order valence-electron chi connectivity index (χ0n) is 13.9. The van der Waals surface area contributed by atoms with Crippen LogP contribution >= 0.6 is 0 Å². The number of aryl methyl sites for hydroxylation is 1. The number of hydrogen-bond acceptors (Lipinski definition) is 2.